The van der Waals surface area contributed by atoms with Gasteiger partial charge in [-0.05, 0) is 61.9 Å². The fraction of sp³-hybridized carbons (Fsp3) is 0.192. The van der Waals surface area contributed by atoms with Crippen molar-refractivity contribution in [2.75, 3.05) is 17.2 Å². The van der Waals surface area contributed by atoms with Gasteiger partial charge in [0.25, 0.3) is 0 Å². The molecule has 0 saturated carbocycles. The van der Waals surface area contributed by atoms with E-state index >= 15 is 0 Å². The number of nitrogens with zero attached hydrogens (tertiary/aromatic N) is 1. The Kier molecular flexibility index (Phi) is 7.82. The van der Waals surface area contributed by atoms with Crippen LogP contribution in [0.2, 0.25) is 0 Å². The Morgan fingerprint density at radius 2 is 1.79 bits per heavy atom. The topological polar surface area (TPSA) is 80.3 Å². The molecule has 0 aliphatic carbocycles. The Bertz CT molecular complexity index is 1270. The maximum atomic E-state index is 12.7. The first-order chi connectivity index (χ1) is 16.5. The van der Waals surface area contributed by atoms with E-state index in [0.717, 1.165) is 32.1 Å². The molecule has 0 spiro atoms. The summed E-state index contributed by atoms with van der Waals surface area (Å²) in [6, 6.07) is 22.8. The highest BCUT2D eigenvalue weighted by Crippen LogP contribution is 2.31. The minimum absolute atomic E-state index is 0.0661. The molecule has 0 fully saturated rings. The van der Waals surface area contributed by atoms with Crippen LogP contribution in [0, 0.1) is 0 Å². The van der Waals surface area contributed by atoms with E-state index in [-0.39, 0.29) is 17.1 Å². The number of hydrogen-bond donors (Lipinski definition) is 2. The van der Waals surface area contributed by atoms with Gasteiger partial charge < -0.3 is 15.4 Å². The minimum atomic E-state index is -0.315. The first-order valence-corrected chi connectivity index (χ1v) is 12.6. The van der Waals surface area contributed by atoms with E-state index in [0.29, 0.717) is 18.2 Å². The van der Waals surface area contributed by atoms with Crippen molar-refractivity contribution in [2.45, 2.75) is 30.4 Å². The lowest BCUT2D eigenvalue weighted by molar-refractivity contribution is -0.116. The highest BCUT2D eigenvalue weighted by atomic mass is 32.2. The molecule has 6 nitrogen and oxygen atoms in total. The predicted molar refractivity (Wildman–Crippen MR) is 140 cm³/mol. The smallest absolute Gasteiger partial charge is 0.239 e. The summed E-state index contributed by atoms with van der Waals surface area (Å²) >= 11 is 2.87. The van der Waals surface area contributed by atoms with Gasteiger partial charge in [0.2, 0.25) is 11.8 Å². The molecule has 1 unspecified atom stereocenters. The van der Waals surface area contributed by atoms with Crippen LogP contribution in [0.3, 0.4) is 0 Å². The van der Waals surface area contributed by atoms with Crippen LogP contribution in [0.5, 0.6) is 5.75 Å². The molecule has 1 atom stereocenters. The number of thiazole rings is 1. The lowest BCUT2D eigenvalue weighted by atomic mass is 10.1. The molecule has 174 valence electrons. The van der Waals surface area contributed by atoms with Crippen molar-refractivity contribution in [3.8, 4) is 5.75 Å². The molecular formula is C26H25N3O3S2. The molecule has 0 aliphatic rings. The lowest BCUT2D eigenvalue weighted by Gasteiger charge is -2.11. The second-order valence-electron chi connectivity index (χ2n) is 7.57. The van der Waals surface area contributed by atoms with Crippen molar-refractivity contribution < 1.29 is 14.3 Å². The van der Waals surface area contributed by atoms with Crippen molar-refractivity contribution in [3.05, 3.63) is 78.4 Å². The molecule has 0 bridgehead atoms. The van der Waals surface area contributed by atoms with Gasteiger partial charge in [-0.25, -0.2) is 4.98 Å². The fourth-order valence-electron chi connectivity index (χ4n) is 3.28. The SMILES string of the molecule is CCOc1ccc2nc(NC(=O)C(C)Sc3ccc(NC(=O)Cc4ccccc4)cc3)sc2c1. The highest BCUT2D eigenvalue weighted by molar-refractivity contribution is 8.00. The van der Waals surface area contributed by atoms with E-state index < -0.39 is 0 Å². The van der Waals surface area contributed by atoms with Gasteiger partial charge in [0, 0.05) is 10.6 Å². The summed E-state index contributed by atoms with van der Waals surface area (Å²) in [5.41, 5.74) is 2.52. The van der Waals surface area contributed by atoms with Gasteiger partial charge in [-0.3, -0.25) is 9.59 Å². The number of aromatic nitrogens is 1. The fourth-order valence-corrected chi connectivity index (χ4v) is 5.05. The maximum absolute atomic E-state index is 12.7. The summed E-state index contributed by atoms with van der Waals surface area (Å²) in [5, 5.41) is 6.07. The van der Waals surface area contributed by atoms with Crippen LogP contribution in [-0.4, -0.2) is 28.7 Å². The van der Waals surface area contributed by atoms with E-state index in [1.807, 2.05) is 86.6 Å². The largest absolute Gasteiger partial charge is 0.494 e. The molecule has 1 aromatic heterocycles. The van der Waals surface area contributed by atoms with Gasteiger partial charge in [0.15, 0.2) is 5.13 Å². The summed E-state index contributed by atoms with van der Waals surface area (Å²) in [4.78, 5) is 30.4. The zero-order chi connectivity index (χ0) is 23.9. The summed E-state index contributed by atoms with van der Waals surface area (Å²) in [6.07, 6.45) is 0.327. The average Bonchev–Trinajstić information content (AvgIpc) is 3.22. The number of carbonyl (C=O) groups excluding carboxylic acids is 2. The number of rotatable bonds is 9. The van der Waals surface area contributed by atoms with Crippen LogP contribution in [0.25, 0.3) is 10.2 Å². The molecule has 0 radical (unpaired) electrons. The van der Waals surface area contributed by atoms with Gasteiger partial charge in [-0.2, -0.15) is 0 Å². The molecule has 3 aromatic carbocycles. The van der Waals surface area contributed by atoms with Crippen molar-refractivity contribution in [1.29, 1.82) is 0 Å². The molecular weight excluding hydrogens is 466 g/mol. The number of hydrogen-bond acceptors (Lipinski definition) is 6. The van der Waals surface area contributed by atoms with E-state index in [2.05, 4.69) is 15.6 Å². The third-order valence-electron chi connectivity index (χ3n) is 4.93. The van der Waals surface area contributed by atoms with E-state index in [1.165, 1.54) is 23.1 Å². The Labute approximate surface area is 206 Å². The third-order valence-corrected chi connectivity index (χ3v) is 6.97. The molecule has 34 heavy (non-hydrogen) atoms. The Morgan fingerprint density at radius 1 is 1.03 bits per heavy atom. The van der Waals surface area contributed by atoms with E-state index in [1.54, 1.807) is 0 Å². The Morgan fingerprint density at radius 3 is 2.53 bits per heavy atom. The standard InChI is InChI=1S/C26H25N3O3S2/c1-3-32-20-11-14-22-23(16-20)34-26(28-22)29-25(31)17(2)33-21-12-9-19(10-13-21)27-24(30)15-18-7-5-4-6-8-18/h4-14,16-17H,3,15H2,1-2H3,(H,27,30)(H,28,29,31). The van der Waals surface area contributed by atoms with Crippen LogP contribution >= 0.6 is 23.1 Å². The van der Waals surface area contributed by atoms with Gasteiger partial charge in [0.05, 0.1) is 28.5 Å². The predicted octanol–water partition coefficient (Wildman–Crippen LogP) is 6.00. The lowest BCUT2D eigenvalue weighted by Crippen LogP contribution is -2.22. The van der Waals surface area contributed by atoms with Crippen molar-refractivity contribution in [2.24, 2.45) is 0 Å². The number of carbonyl (C=O) groups is 2. The maximum Gasteiger partial charge on any atom is 0.239 e. The third kappa shape index (κ3) is 6.36. The first kappa shape index (κ1) is 23.8. The summed E-state index contributed by atoms with van der Waals surface area (Å²) in [5.74, 6) is 0.609. The summed E-state index contributed by atoms with van der Waals surface area (Å²) in [6.45, 7) is 4.40. The summed E-state index contributed by atoms with van der Waals surface area (Å²) < 4.78 is 6.49. The number of thioether (sulfide) groups is 1. The van der Waals surface area contributed by atoms with Gasteiger partial charge in [0.1, 0.15) is 5.75 Å². The zero-order valence-electron chi connectivity index (χ0n) is 18.9. The number of fused-ring (bicyclic) bond motifs is 1. The molecule has 8 heteroatoms. The molecule has 0 saturated heterocycles. The Hall–Kier alpha value is -3.36. The van der Waals surface area contributed by atoms with Crippen molar-refractivity contribution in [1.82, 2.24) is 4.98 Å². The molecule has 1 heterocycles. The average molecular weight is 492 g/mol. The second kappa shape index (κ2) is 11.2. The van der Waals surface area contributed by atoms with Gasteiger partial charge >= 0.3 is 0 Å². The summed E-state index contributed by atoms with van der Waals surface area (Å²) in [7, 11) is 0. The first-order valence-electron chi connectivity index (χ1n) is 10.9. The van der Waals surface area contributed by atoms with Crippen LogP contribution in [0.4, 0.5) is 10.8 Å². The highest BCUT2D eigenvalue weighted by Gasteiger charge is 2.17. The molecule has 4 rings (SSSR count). The molecule has 4 aromatic rings. The van der Waals surface area contributed by atoms with Crippen molar-refractivity contribution in [3.63, 3.8) is 0 Å². The van der Waals surface area contributed by atoms with Gasteiger partial charge in [-0.15, -0.1) is 11.8 Å². The Balaban J connectivity index is 1.30. The van der Waals surface area contributed by atoms with Gasteiger partial charge in [-0.1, -0.05) is 41.7 Å². The molecule has 0 aliphatic heterocycles. The van der Waals surface area contributed by atoms with Crippen LogP contribution in [0.1, 0.15) is 19.4 Å². The van der Waals surface area contributed by atoms with E-state index in [9.17, 15) is 9.59 Å². The number of nitrogens with one attached hydrogen (secondary N) is 2. The number of ether oxygens (including phenoxy) is 1. The van der Waals surface area contributed by atoms with Crippen molar-refractivity contribution >= 4 is 55.9 Å². The monoisotopic (exact) mass is 491 g/mol. The van der Waals surface area contributed by atoms with E-state index in [4.69, 9.17) is 4.74 Å². The zero-order valence-corrected chi connectivity index (χ0v) is 20.5. The quantitative estimate of drug-likeness (QED) is 0.281. The number of anilines is 2. The van der Waals surface area contributed by atoms with Crippen LogP contribution in [-0.2, 0) is 16.0 Å². The number of benzene rings is 3. The molecule has 2 N–H and O–H groups in total. The normalized spacial score (nSPS) is 11.7. The second-order valence-corrected chi connectivity index (χ2v) is 10.0. The number of amides is 2. The molecule has 2 amide bonds. The van der Waals surface area contributed by atoms with Crippen LogP contribution in [0.15, 0.2) is 77.7 Å². The van der Waals surface area contributed by atoms with Crippen LogP contribution < -0.4 is 15.4 Å². The minimum Gasteiger partial charge on any atom is -0.494 e.